The third-order valence-corrected chi connectivity index (χ3v) is 13.1. The fourth-order valence-electron chi connectivity index (χ4n) is 5.74. The van der Waals surface area contributed by atoms with Crippen molar-refractivity contribution in [2.75, 3.05) is 6.61 Å². The summed E-state index contributed by atoms with van der Waals surface area (Å²) in [7, 11) is -2.80. The van der Waals surface area contributed by atoms with Crippen LogP contribution in [-0.2, 0) is 14.0 Å². The molecule has 0 aliphatic rings. The van der Waals surface area contributed by atoms with Gasteiger partial charge in [0.15, 0.2) is 0 Å². The number of carbonyl (C=O) groups is 2. The lowest BCUT2D eigenvalue weighted by atomic mass is 10.0. The van der Waals surface area contributed by atoms with E-state index in [1.54, 1.807) is 0 Å². The molecule has 0 saturated heterocycles. The summed E-state index contributed by atoms with van der Waals surface area (Å²) < 4.78 is 12.7. The number of hydrogen-bond acceptors (Lipinski definition) is 4. The number of ether oxygens (including phenoxy) is 1. The van der Waals surface area contributed by atoms with E-state index in [2.05, 4.69) is 106 Å². The zero-order valence-corrected chi connectivity index (χ0v) is 30.8. The van der Waals surface area contributed by atoms with Gasteiger partial charge in [0.2, 0.25) is 0 Å². The van der Waals surface area contributed by atoms with Crippen LogP contribution in [0.1, 0.15) is 119 Å². The summed E-state index contributed by atoms with van der Waals surface area (Å²) in [6.07, 6.45) is 18.8. The lowest BCUT2D eigenvalue weighted by Gasteiger charge is -2.43. The van der Waals surface area contributed by atoms with Crippen molar-refractivity contribution in [2.45, 2.75) is 136 Å². The molecule has 6 heteroatoms. The first-order valence-electron chi connectivity index (χ1n) is 17.5. The molecule has 1 N–H and O–H groups in total. The van der Waals surface area contributed by atoms with Crippen molar-refractivity contribution in [3.63, 3.8) is 0 Å². The van der Waals surface area contributed by atoms with Crippen LogP contribution in [0.25, 0.3) is 0 Å². The zero-order valence-electron chi connectivity index (χ0n) is 29.8. The van der Waals surface area contributed by atoms with Gasteiger partial charge in [0.05, 0.1) is 12.6 Å². The van der Waals surface area contributed by atoms with Gasteiger partial charge in [0.25, 0.3) is 8.32 Å². The minimum absolute atomic E-state index is 0.194. The first-order chi connectivity index (χ1) is 21.9. The number of nitrogens with one attached hydrogen (secondary N) is 1. The highest BCUT2D eigenvalue weighted by Gasteiger charge is 2.50. The Morgan fingerprint density at radius 2 is 1.30 bits per heavy atom. The third-order valence-electron chi connectivity index (χ3n) is 8.09. The van der Waals surface area contributed by atoms with E-state index in [0.717, 1.165) is 25.7 Å². The molecule has 2 aromatic rings. The summed E-state index contributed by atoms with van der Waals surface area (Å²) in [6, 6.07) is 20.6. The number of benzene rings is 2. The molecule has 254 valence electrons. The first-order valence-corrected chi connectivity index (χ1v) is 19.4. The minimum atomic E-state index is -2.80. The second kappa shape index (κ2) is 20.3. The SMILES string of the molecule is CCCCCC/C=C/C=C/CCCCC(=O)CC[C@@H](CO[Si](c1ccccc1)(c1ccccc1)C(C)(C)C)NC(=O)OC(C)(C)C. The Kier molecular flexibility index (Phi) is 17.3. The maximum atomic E-state index is 12.9. The smallest absolute Gasteiger partial charge is 0.407 e. The van der Waals surface area contributed by atoms with E-state index >= 15 is 0 Å². The van der Waals surface area contributed by atoms with Crippen molar-refractivity contribution in [1.29, 1.82) is 0 Å². The number of rotatable bonds is 20. The molecule has 2 aromatic carbocycles. The summed E-state index contributed by atoms with van der Waals surface area (Å²) in [5, 5.41) is 5.20. The highest BCUT2D eigenvalue weighted by atomic mass is 28.4. The predicted octanol–water partition coefficient (Wildman–Crippen LogP) is 9.45. The van der Waals surface area contributed by atoms with Crippen LogP contribution in [0.2, 0.25) is 5.04 Å². The van der Waals surface area contributed by atoms with E-state index in [4.69, 9.17) is 9.16 Å². The third kappa shape index (κ3) is 14.2. The van der Waals surface area contributed by atoms with E-state index in [1.165, 1.54) is 36.1 Å². The van der Waals surface area contributed by atoms with Gasteiger partial charge in [-0.2, -0.15) is 0 Å². The van der Waals surface area contributed by atoms with Crippen LogP contribution in [0.5, 0.6) is 0 Å². The van der Waals surface area contributed by atoms with Gasteiger partial charge >= 0.3 is 6.09 Å². The van der Waals surface area contributed by atoms with E-state index in [9.17, 15) is 9.59 Å². The van der Waals surface area contributed by atoms with Crippen LogP contribution >= 0.6 is 0 Å². The Balaban J connectivity index is 2.05. The molecular weight excluding hydrogens is 587 g/mol. The Bertz CT molecular complexity index is 1160. The van der Waals surface area contributed by atoms with Gasteiger partial charge in [-0.05, 0) is 74.7 Å². The molecule has 1 atom stereocenters. The highest BCUT2D eigenvalue weighted by molar-refractivity contribution is 6.99. The Labute approximate surface area is 281 Å². The second-order valence-corrected chi connectivity index (χ2v) is 18.7. The van der Waals surface area contributed by atoms with Gasteiger partial charge in [-0.3, -0.25) is 4.79 Å². The average Bonchev–Trinajstić information content (AvgIpc) is 3.00. The fourth-order valence-corrected chi connectivity index (χ4v) is 10.3. The number of Topliss-reactive ketones (excluding diaryl/α,β-unsaturated/α-hetero) is 1. The minimum Gasteiger partial charge on any atom is -0.444 e. The van der Waals surface area contributed by atoms with Crippen LogP contribution in [0.4, 0.5) is 4.79 Å². The Morgan fingerprint density at radius 1 is 0.761 bits per heavy atom. The van der Waals surface area contributed by atoms with Crippen molar-refractivity contribution in [2.24, 2.45) is 0 Å². The summed E-state index contributed by atoms with van der Waals surface area (Å²) in [4.78, 5) is 25.8. The molecule has 0 bridgehead atoms. The molecule has 2 rings (SSSR count). The van der Waals surface area contributed by atoms with Crippen LogP contribution in [0, 0.1) is 0 Å². The monoisotopic (exact) mass is 647 g/mol. The van der Waals surface area contributed by atoms with Crippen LogP contribution in [0.15, 0.2) is 85.0 Å². The Morgan fingerprint density at radius 3 is 1.80 bits per heavy atom. The molecule has 46 heavy (non-hydrogen) atoms. The molecule has 0 fully saturated rings. The van der Waals surface area contributed by atoms with Gasteiger partial charge < -0.3 is 14.5 Å². The van der Waals surface area contributed by atoms with Gasteiger partial charge in [0.1, 0.15) is 11.4 Å². The molecule has 0 heterocycles. The molecule has 5 nitrogen and oxygen atoms in total. The Hall–Kier alpha value is -2.96. The summed E-state index contributed by atoms with van der Waals surface area (Å²) >= 11 is 0. The van der Waals surface area contributed by atoms with Crippen molar-refractivity contribution >= 4 is 30.6 Å². The molecule has 0 aromatic heterocycles. The number of amides is 1. The highest BCUT2D eigenvalue weighted by Crippen LogP contribution is 2.37. The second-order valence-electron chi connectivity index (χ2n) is 14.3. The van der Waals surface area contributed by atoms with Crippen molar-refractivity contribution in [1.82, 2.24) is 5.32 Å². The molecule has 0 saturated carbocycles. The van der Waals surface area contributed by atoms with E-state index in [-0.39, 0.29) is 23.5 Å². The molecule has 0 spiro atoms. The summed E-state index contributed by atoms with van der Waals surface area (Å²) in [6.45, 7) is 14.8. The molecular formula is C40H61NO4Si. The van der Waals surface area contributed by atoms with Gasteiger partial charge in [0, 0.05) is 12.8 Å². The molecule has 0 aliphatic carbocycles. The standard InChI is InChI=1S/C40H61NO4Si/c1-8-9-10-11-12-13-14-15-16-17-18-21-26-35(42)32-31-34(41-38(43)45-39(2,3)4)33-44-46(40(5,6)7,36-27-22-19-23-28-36)37-29-24-20-25-30-37/h13-16,19-20,22-25,27-30,34H,8-12,17-18,21,26,31-33H2,1-7H3,(H,41,43)/b14-13+,16-15+/t34-/m0/s1. The van der Waals surface area contributed by atoms with Crippen molar-refractivity contribution in [3.05, 3.63) is 85.0 Å². The lowest BCUT2D eigenvalue weighted by Crippen LogP contribution is -2.67. The number of unbranched alkanes of at least 4 members (excludes halogenated alkanes) is 6. The maximum Gasteiger partial charge on any atom is 0.407 e. The van der Waals surface area contributed by atoms with E-state index < -0.39 is 20.0 Å². The number of carbonyl (C=O) groups excluding carboxylic acids is 2. The largest absolute Gasteiger partial charge is 0.444 e. The first kappa shape index (κ1) is 39.2. The average molecular weight is 648 g/mol. The number of ketones is 1. The van der Waals surface area contributed by atoms with E-state index in [0.29, 0.717) is 19.3 Å². The number of allylic oxidation sites excluding steroid dienone is 4. The molecule has 0 unspecified atom stereocenters. The number of alkyl carbamates (subject to hydrolysis) is 1. The maximum absolute atomic E-state index is 12.9. The van der Waals surface area contributed by atoms with Gasteiger partial charge in [-0.1, -0.05) is 132 Å². The van der Waals surface area contributed by atoms with E-state index in [1.807, 2.05) is 32.9 Å². The zero-order chi connectivity index (χ0) is 33.9. The summed E-state index contributed by atoms with van der Waals surface area (Å²) in [5.74, 6) is 0.220. The topological polar surface area (TPSA) is 64.6 Å². The molecule has 0 radical (unpaired) electrons. The number of hydrogen-bond donors (Lipinski definition) is 1. The molecule has 0 aliphatic heterocycles. The lowest BCUT2D eigenvalue weighted by molar-refractivity contribution is -0.119. The summed E-state index contributed by atoms with van der Waals surface area (Å²) in [5.41, 5.74) is -0.623. The van der Waals surface area contributed by atoms with Crippen LogP contribution in [-0.4, -0.2) is 38.4 Å². The van der Waals surface area contributed by atoms with Gasteiger partial charge in [-0.15, -0.1) is 0 Å². The quantitative estimate of drug-likeness (QED) is 0.0883. The fraction of sp³-hybridized carbons (Fsp3) is 0.550. The predicted molar refractivity (Wildman–Crippen MR) is 196 cm³/mol. The van der Waals surface area contributed by atoms with Crippen molar-refractivity contribution < 1.29 is 18.8 Å². The molecule has 1 amide bonds. The van der Waals surface area contributed by atoms with Crippen LogP contribution in [0.3, 0.4) is 0 Å². The van der Waals surface area contributed by atoms with Gasteiger partial charge in [-0.25, -0.2) is 4.79 Å². The van der Waals surface area contributed by atoms with Crippen molar-refractivity contribution in [3.8, 4) is 0 Å². The van der Waals surface area contributed by atoms with Crippen LogP contribution < -0.4 is 15.7 Å². The normalized spacial score (nSPS) is 13.3.